The van der Waals surface area contributed by atoms with Crippen molar-refractivity contribution in [2.75, 3.05) is 0 Å². The lowest BCUT2D eigenvalue weighted by atomic mass is 10.2. The molecule has 0 spiro atoms. The second-order valence-corrected chi connectivity index (χ2v) is 6.90. The van der Waals surface area contributed by atoms with Gasteiger partial charge in [0.1, 0.15) is 0 Å². The average molecular weight is 183 g/mol. The molecule has 2 N–H and O–H groups in total. The largest absolute Gasteiger partial charge is 0.326 e. The first-order valence-electron chi connectivity index (χ1n) is 4.02. The standard InChI is InChI=1S/C9H14FNSi/c1-12(2,10)9-5-3-8(7-11)4-6-9/h3-6H,7,11H2,1-2H3. The molecule has 1 aromatic rings. The molecule has 0 saturated carbocycles. The van der Waals surface area contributed by atoms with E-state index in [1.54, 1.807) is 13.1 Å². The van der Waals surface area contributed by atoms with Gasteiger partial charge in [0.15, 0.2) is 0 Å². The Morgan fingerprint density at radius 1 is 1.25 bits per heavy atom. The van der Waals surface area contributed by atoms with Gasteiger partial charge in [0.2, 0.25) is 0 Å². The first kappa shape index (κ1) is 9.42. The summed E-state index contributed by atoms with van der Waals surface area (Å²) in [5.41, 5.74) is 6.48. The number of benzene rings is 1. The van der Waals surface area contributed by atoms with Crippen LogP contribution in [0.25, 0.3) is 0 Å². The van der Waals surface area contributed by atoms with Gasteiger partial charge in [0.05, 0.1) is 0 Å². The number of halogens is 1. The maximum atomic E-state index is 13.5. The molecule has 0 aliphatic heterocycles. The Morgan fingerprint density at radius 2 is 1.75 bits per heavy atom. The van der Waals surface area contributed by atoms with Gasteiger partial charge < -0.3 is 9.84 Å². The van der Waals surface area contributed by atoms with E-state index in [4.69, 9.17) is 5.73 Å². The summed E-state index contributed by atoms with van der Waals surface area (Å²) in [6.45, 7) is 3.89. The minimum Gasteiger partial charge on any atom is -0.326 e. The Kier molecular flexibility index (Phi) is 2.64. The molecule has 66 valence electrons. The van der Waals surface area contributed by atoms with Crippen LogP contribution in [0.3, 0.4) is 0 Å². The third-order valence-electron chi connectivity index (χ3n) is 1.88. The minimum atomic E-state index is -2.61. The molecular formula is C9H14FNSi. The van der Waals surface area contributed by atoms with E-state index in [0.29, 0.717) is 6.54 Å². The number of nitrogens with two attached hydrogens (primary N) is 1. The van der Waals surface area contributed by atoms with Crippen LogP contribution in [-0.2, 0) is 6.54 Å². The van der Waals surface area contributed by atoms with Crippen molar-refractivity contribution in [2.45, 2.75) is 19.6 Å². The second-order valence-electron chi connectivity index (χ2n) is 3.37. The predicted octanol–water partition coefficient (Wildman–Crippen LogP) is 1.53. The van der Waals surface area contributed by atoms with Crippen molar-refractivity contribution in [3.8, 4) is 0 Å². The zero-order valence-electron chi connectivity index (χ0n) is 7.47. The lowest BCUT2D eigenvalue weighted by Crippen LogP contribution is -2.36. The fourth-order valence-corrected chi connectivity index (χ4v) is 2.00. The van der Waals surface area contributed by atoms with Gasteiger partial charge in [-0.1, -0.05) is 24.3 Å². The number of hydrogen-bond donors (Lipinski definition) is 1. The summed E-state index contributed by atoms with van der Waals surface area (Å²) in [6, 6.07) is 7.47. The Balaban J connectivity index is 2.93. The second kappa shape index (κ2) is 3.37. The summed E-state index contributed by atoms with van der Waals surface area (Å²) in [5, 5.41) is 0.833. The van der Waals surface area contributed by atoms with E-state index < -0.39 is 8.41 Å². The maximum Gasteiger partial charge on any atom is 0.271 e. The topological polar surface area (TPSA) is 26.0 Å². The lowest BCUT2D eigenvalue weighted by molar-refractivity contribution is 0.821. The van der Waals surface area contributed by atoms with Crippen LogP contribution in [0, 0.1) is 0 Å². The first-order chi connectivity index (χ1) is 5.54. The van der Waals surface area contributed by atoms with Gasteiger partial charge in [0, 0.05) is 6.54 Å². The smallest absolute Gasteiger partial charge is 0.271 e. The molecular weight excluding hydrogens is 169 g/mol. The zero-order chi connectivity index (χ0) is 9.19. The van der Waals surface area contributed by atoms with Crippen molar-refractivity contribution in [2.24, 2.45) is 5.73 Å². The van der Waals surface area contributed by atoms with Crippen LogP contribution >= 0.6 is 0 Å². The van der Waals surface area contributed by atoms with E-state index in [1.807, 2.05) is 24.3 Å². The SMILES string of the molecule is C[Si](C)(F)c1ccc(CN)cc1. The molecule has 0 bridgehead atoms. The number of rotatable bonds is 2. The van der Waals surface area contributed by atoms with Crippen molar-refractivity contribution < 1.29 is 4.11 Å². The van der Waals surface area contributed by atoms with Crippen molar-refractivity contribution in [1.29, 1.82) is 0 Å². The molecule has 0 aromatic heterocycles. The Morgan fingerprint density at radius 3 is 2.08 bits per heavy atom. The van der Waals surface area contributed by atoms with E-state index in [0.717, 1.165) is 10.8 Å². The summed E-state index contributed by atoms with van der Waals surface area (Å²) in [5.74, 6) is 0. The van der Waals surface area contributed by atoms with Crippen molar-refractivity contribution in [3.05, 3.63) is 29.8 Å². The Labute approximate surface area is 73.6 Å². The molecule has 0 saturated heterocycles. The molecule has 0 atom stereocenters. The summed E-state index contributed by atoms with van der Waals surface area (Å²) >= 11 is 0. The molecule has 0 radical (unpaired) electrons. The van der Waals surface area contributed by atoms with Crippen LogP contribution in [0.5, 0.6) is 0 Å². The summed E-state index contributed by atoms with van der Waals surface area (Å²) in [6.07, 6.45) is 0. The monoisotopic (exact) mass is 183 g/mol. The zero-order valence-corrected chi connectivity index (χ0v) is 8.47. The van der Waals surface area contributed by atoms with Gasteiger partial charge in [0.25, 0.3) is 8.41 Å². The molecule has 12 heavy (non-hydrogen) atoms. The Bertz CT molecular complexity index is 250. The van der Waals surface area contributed by atoms with E-state index >= 15 is 0 Å². The van der Waals surface area contributed by atoms with Gasteiger partial charge >= 0.3 is 0 Å². The van der Waals surface area contributed by atoms with Crippen LogP contribution in [-0.4, -0.2) is 8.41 Å². The van der Waals surface area contributed by atoms with Crippen LogP contribution in [0.4, 0.5) is 4.11 Å². The fraction of sp³-hybridized carbons (Fsp3) is 0.333. The predicted molar refractivity (Wildman–Crippen MR) is 52.6 cm³/mol. The van der Waals surface area contributed by atoms with Crippen LogP contribution in [0.1, 0.15) is 5.56 Å². The summed E-state index contributed by atoms with van der Waals surface area (Å²) in [7, 11) is -2.61. The molecule has 0 amide bonds. The molecule has 1 nitrogen and oxygen atoms in total. The van der Waals surface area contributed by atoms with Gasteiger partial charge in [-0.2, -0.15) is 0 Å². The highest BCUT2D eigenvalue weighted by Crippen LogP contribution is 2.05. The minimum absolute atomic E-state index is 0.522. The Hall–Kier alpha value is -0.673. The quantitative estimate of drug-likeness (QED) is 0.546. The molecule has 3 heteroatoms. The molecule has 0 aliphatic rings. The van der Waals surface area contributed by atoms with Crippen LogP contribution in [0.2, 0.25) is 13.1 Å². The van der Waals surface area contributed by atoms with E-state index in [-0.39, 0.29) is 0 Å². The lowest BCUT2D eigenvalue weighted by Gasteiger charge is -2.11. The number of hydrogen-bond acceptors (Lipinski definition) is 1. The molecule has 1 aromatic carbocycles. The molecule has 0 unspecified atom stereocenters. The third kappa shape index (κ3) is 2.15. The van der Waals surface area contributed by atoms with E-state index in [2.05, 4.69) is 0 Å². The molecule has 0 heterocycles. The van der Waals surface area contributed by atoms with E-state index in [1.165, 1.54) is 0 Å². The first-order valence-corrected chi connectivity index (χ1v) is 6.90. The fourth-order valence-electron chi connectivity index (χ4n) is 1.04. The van der Waals surface area contributed by atoms with Gasteiger partial charge in [-0.25, -0.2) is 0 Å². The normalized spacial score (nSPS) is 11.7. The van der Waals surface area contributed by atoms with E-state index in [9.17, 15) is 4.11 Å². The summed E-state index contributed by atoms with van der Waals surface area (Å²) in [4.78, 5) is 0. The van der Waals surface area contributed by atoms with Gasteiger partial charge in [-0.15, -0.1) is 0 Å². The maximum absolute atomic E-state index is 13.5. The highest BCUT2D eigenvalue weighted by Gasteiger charge is 2.22. The van der Waals surface area contributed by atoms with Crippen molar-refractivity contribution in [1.82, 2.24) is 0 Å². The highest BCUT2D eigenvalue weighted by molar-refractivity contribution is 6.83. The third-order valence-corrected chi connectivity index (χ3v) is 3.58. The molecule has 0 aliphatic carbocycles. The molecule has 0 fully saturated rings. The summed E-state index contributed by atoms with van der Waals surface area (Å²) < 4.78 is 13.5. The van der Waals surface area contributed by atoms with Gasteiger partial charge in [-0.3, -0.25) is 0 Å². The average Bonchev–Trinajstić information content (AvgIpc) is 2.03. The highest BCUT2D eigenvalue weighted by atomic mass is 28.4. The van der Waals surface area contributed by atoms with Crippen LogP contribution in [0.15, 0.2) is 24.3 Å². The van der Waals surface area contributed by atoms with Crippen molar-refractivity contribution in [3.63, 3.8) is 0 Å². The van der Waals surface area contributed by atoms with Crippen LogP contribution < -0.4 is 10.9 Å². The van der Waals surface area contributed by atoms with Crippen molar-refractivity contribution >= 4 is 13.6 Å². The molecule has 1 rings (SSSR count). The van der Waals surface area contributed by atoms with Gasteiger partial charge in [-0.05, 0) is 23.8 Å².